The number of rotatable bonds is 7. The third-order valence-electron chi connectivity index (χ3n) is 6.98. The summed E-state index contributed by atoms with van der Waals surface area (Å²) in [5, 5.41) is 2.43. The standard InChI is InChI=1S/C23H35N3O4S/c1-24-23(27)26-15-5-8-21(25-31(28,29)20-13-14-20)22(26)16-30-19-11-9-18(10-12-19)17-6-3-2-4-7-17/h2-4,6-7,18-22,25H,5,8-16H2,1H3,(H,24,27)/t18-,19+,21?,22?. The third kappa shape index (κ3) is 5.59. The van der Waals surface area contributed by atoms with Gasteiger partial charge in [-0.3, -0.25) is 0 Å². The van der Waals surface area contributed by atoms with Gasteiger partial charge < -0.3 is 15.0 Å². The molecule has 3 fully saturated rings. The largest absolute Gasteiger partial charge is 0.376 e. The van der Waals surface area contributed by atoms with Gasteiger partial charge >= 0.3 is 6.03 Å². The Morgan fingerprint density at radius 3 is 2.42 bits per heavy atom. The molecule has 2 atom stereocenters. The lowest BCUT2D eigenvalue weighted by Gasteiger charge is -2.42. The molecule has 1 saturated heterocycles. The average Bonchev–Trinajstić information content (AvgIpc) is 3.65. The fourth-order valence-corrected chi connectivity index (χ4v) is 6.65. The number of benzene rings is 1. The second-order valence-corrected chi connectivity index (χ2v) is 11.1. The molecule has 7 nitrogen and oxygen atoms in total. The first kappa shape index (κ1) is 22.6. The molecule has 4 rings (SSSR count). The Hall–Kier alpha value is -1.64. The van der Waals surface area contributed by atoms with Crippen molar-refractivity contribution in [2.24, 2.45) is 0 Å². The van der Waals surface area contributed by atoms with Crippen LogP contribution in [0.1, 0.15) is 62.8 Å². The predicted octanol–water partition coefficient (Wildman–Crippen LogP) is 2.98. The van der Waals surface area contributed by atoms with Crippen molar-refractivity contribution in [3.05, 3.63) is 35.9 Å². The summed E-state index contributed by atoms with van der Waals surface area (Å²) >= 11 is 0. The first-order chi connectivity index (χ1) is 15.0. The van der Waals surface area contributed by atoms with Crippen molar-refractivity contribution >= 4 is 16.1 Å². The first-order valence-electron chi connectivity index (χ1n) is 11.6. The monoisotopic (exact) mass is 449 g/mol. The van der Waals surface area contributed by atoms with Crippen LogP contribution >= 0.6 is 0 Å². The quantitative estimate of drug-likeness (QED) is 0.670. The van der Waals surface area contributed by atoms with E-state index in [1.165, 1.54) is 5.56 Å². The molecule has 1 aliphatic heterocycles. The van der Waals surface area contributed by atoms with Crippen LogP contribution in [0.15, 0.2) is 30.3 Å². The van der Waals surface area contributed by atoms with E-state index in [-0.39, 0.29) is 29.5 Å². The highest BCUT2D eigenvalue weighted by Gasteiger charge is 2.42. The number of carbonyl (C=O) groups excluding carboxylic acids is 1. The van der Waals surface area contributed by atoms with Crippen LogP contribution in [-0.2, 0) is 14.8 Å². The number of hydrogen-bond acceptors (Lipinski definition) is 4. The van der Waals surface area contributed by atoms with Crippen molar-refractivity contribution in [1.29, 1.82) is 0 Å². The number of likely N-dealkylation sites (tertiary alicyclic amines) is 1. The molecule has 1 heterocycles. The van der Waals surface area contributed by atoms with Gasteiger partial charge in [0.2, 0.25) is 10.0 Å². The Bertz CT molecular complexity index is 836. The Kier molecular flexibility index (Phi) is 7.19. The Labute approximate surface area is 186 Å². The van der Waals surface area contributed by atoms with E-state index in [2.05, 4.69) is 40.4 Å². The van der Waals surface area contributed by atoms with Gasteiger partial charge in [0.05, 0.1) is 24.0 Å². The van der Waals surface area contributed by atoms with Crippen LogP contribution in [0, 0.1) is 0 Å². The van der Waals surface area contributed by atoms with Crippen LogP contribution in [0.25, 0.3) is 0 Å². The summed E-state index contributed by atoms with van der Waals surface area (Å²) in [5.41, 5.74) is 1.40. The lowest BCUT2D eigenvalue weighted by Crippen LogP contribution is -2.60. The summed E-state index contributed by atoms with van der Waals surface area (Å²) < 4.78 is 34.3. The van der Waals surface area contributed by atoms with E-state index in [4.69, 9.17) is 4.74 Å². The topological polar surface area (TPSA) is 87.7 Å². The number of urea groups is 1. The number of piperidine rings is 1. The normalized spacial score (nSPS) is 29.5. The fourth-order valence-electron chi connectivity index (χ4n) is 5.00. The SMILES string of the molecule is CNC(=O)N1CCCC(NS(=O)(=O)C2CC2)C1CO[C@H]1CC[C@@H](c2ccccc2)CC1. The minimum Gasteiger partial charge on any atom is -0.376 e. The van der Waals surface area contributed by atoms with Crippen molar-refractivity contribution in [2.45, 2.75) is 80.7 Å². The van der Waals surface area contributed by atoms with E-state index < -0.39 is 10.0 Å². The minimum atomic E-state index is -3.32. The molecule has 2 amide bonds. The first-order valence-corrected chi connectivity index (χ1v) is 13.2. The van der Waals surface area contributed by atoms with Gasteiger partial charge in [-0.05, 0) is 62.8 Å². The molecule has 0 spiro atoms. The number of amides is 2. The molecule has 2 unspecified atom stereocenters. The molecule has 172 valence electrons. The van der Waals surface area contributed by atoms with Crippen molar-refractivity contribution in [3.63, 3.8) is 0 Å². The van der Waals surface area contributed by atoms with Gasteiger partial charge in [-0.25, -0.2) is 17.9 Å². The Balaban J connectivity index is 1.36. The minimum absolute atomic E-state index is 0.161. The molecular weight excluding hydrogens is 414 g/mol. The van der Waals surface area contributed by atoms with E-state index in [0.29, 0.717) is 19.1 Å². The molecule has 2 saturated carbocycles. The molecule has 31 heavy (non-hydrogen) atoms. The lowest BCUT2D eigenvalue weighted by atomic mass is 9.83. The summed E-state index contributed by atoms with van der Waals surface area (Å²) in [6.07, 6.45) is 7.30. The molecule has 2 N–H and O–H groups in total. The number of carbonyl (C=O) groups is 1. The van der Waals surface area contributed by atoms with Gasteiger partial charge in [-0.1, -0.05) is 30.3 Å². The van der Waals surface area contributed by atoms with Crippen molar-refractivity contribution in [3.8, 4) is 0 Å². The summed E-state index contributed by atoms with van der Waals surface area (Å²) in [4.78, 5) is 14.2. The van der Waals surface area contributed by atoms with Gasteiger partial charge in [-0.15, -0.1) is 0 Å². The van der Waals surface area contributed by atoms with Crippen molar-refractivity contribution in [2.75, 3.05) is 20.2 Å². The molecule has 1 aromatic rings. The molecule has 0 bridgehead atoms. The second-order valence-electron chi connectivity index (χ2n) is 9.14. The van der Waals surface area contributed by atoms with Gasteiger partial charge in [0, 0.05) is 19.6 Å². The molecule has 1 aromatic carbocycles. The Morgan fingerprint density at radius 1 is 1.06 bits per heavy atom. The fraction of sp³-hybridized carbons (Fsp3) is 0.696. The highest BCUT2D eigenvalue weighted by Crippen LogP contribution is 2.34. The van der Waals surface area contributed by atoms with E-state index in [9.17, 15) is 13.2 Å². The molecular formula is C23H35N3O4S. The van der Waals surface area contributed by atoms with Gasteiger partial charge in [0.1, 0.15) is 0 Å². The van der Waals surface area contributed by atoms with Gasteiger partial charge in [-0.2, -0.15) is 0 Å². The van der Waals surface area contributed by atoms with E-state index in [1.54, 1.807) is 11.9 Å². The molecule has 0 aromatic heterocycles. The van der Waals surface area contributed by atoms with Crippen LogP contribution in [0.5, 0.6) is 0 Å². The number of nitrogens with zero attached hydrogens (tertiary/aromatic N) is 1. The highest BCUT2D eigenvalue weighted by molar-refractivity contribution is 7.90. The zero-order valence-electron chi connectivity index (χ0n) is 18.3. The number of nitrogens with one attached hydrogen (secondary N) is 2. The van der Waals surface area contributed by atoms with Crippen LogP contribution in [0.2, 0.25) is 0 Å². The highest BCUT2D eigenvalue weighted by atomic mass is 32.2. The van der Waals surface area contributed by atoms with Crippen LogP contribution in [0.3, 0.4) is 0 Å². The van der Waals surface area contributed by atoms with E-state index in [0.717, 1.165) is 51.4 Å². The third-order valence-corrected chi connectivity index (χ3v) is 8.96. The number of hydrogen-bond donors (Lipinski definition) is 2. The zero-order valence-corrected chi connectivity index (χ0v) is 19.1. The second kappa shape index (κ2) is 9.88. The molecule has 0 radical (unpaired) electrons. The van der Waals surface area contributed by atoms with E-state index in [1.807, 2.05) is 0 Å². The van der Waals surface area contributed by atoms with E-state index >= 15 is 0 Å². The number of ether oxygens (including phenoxy) is 1. The zero-order chi connectivity index (χ0) is 21.8. The van der Waals surface area contributed by atoms with Gasteiger partial charge in [0.15, 0.2) is 0 Å². The van der Waals surface area contributed by atoms with Crippen molar-refractivity contribution in [1.82, 2.24) is 14.9 Å². The van der Waals surface area contributed by atoms with Crippen molar-refractivity contribution < 1.29 is 17.9 Å². The maximum atomic E-state index is 12.6. The predicted molar refractivity (Wildman–Crippen MR) is 120 cm³/mol. The average molecular weight is 450 g/mol. The summed E-state index contributed by atoms with van der Waals surface area (Å²) in [5.74, 6) is 0.580. The molecule has 2 aliphatic carbocycles. The summed E-state index contributed by atoms with van der Waals surface area (Å²) in [6, 6.07) is 9.89. The number of sulfonamides is 1. The van der Waals surface area contributed by atoms with Crippen LogP contribution < -0.4 is 10.0 Å². The summed E-state index contributed by atoms with van der Waals surface area (Å²) in [7, 11) is -1.71. The lowest BCUT2D eigenvalue weighted by molar-refractivity contribution is -0.0172. The maximum Gasteiger partial charge on any atom is 0.317 e. The van der Waals surface area contributed by atoms with Crippen LogP contribution in [-0.4, -0.2) is 63.0 Å². The maximum absolute atomic E-state index is 12.6. The molecule has 3 aliphatic rings. The Morgan fingerprint density at radius 2 is 1.77 bits per heavy atom. The van der Waals surface area contributed by atoms with Gasteiger partial charge in [0.25, 0.3) is 0 Å². The molecule has 8 heteroatoms. The smallest absolute Gasteiger partial charge is 0.317 e. The van der Waals surface area contributed by atoms with Crippen LogP contribution in [0.4, 0.5) is 4.79 Å². The summed E-state index contributed by atoms with van der Waals surface area (Å²) in [6.45, 7) is 0.988.